The standard InChI is InChI=1S/C26H27F4N5O4.C25H25F4N5O3.C24H25F4N5O3.C20H17F4N5O2/c1-24(2)15-33(23(37)25(38)7-11-39-12-8-25)9-10-34(24)22(36)20-14-35-21(31-20)18(26(28,29)30)13-19(32-35)16-3-5-17(27)6-4-16;1-23(2)14-32(22(36)24(37)8-3-9-24)10-11-33(23)21(35)19-13-34-20(30-19)17(25(27,28)29)12-18(31-34)15-4-6-16(26)7-5-15;1-22(2)13-31(21(35)23(3,4)36)9-10-32(22)20(34)18-12-33-19(29-18)16(24(26,27)28)11-17(30-33)14-5-7-15(25)8-6-14;1-19(2)18(31)25-7-8-28(19)17(30)15-10-29-16(26-15)13(20(22,23)24)9-14(27-29)11-3-5-12(21)6-4-11/h3-6,13-14,38H,7-12,15H2,1-2H3;4-7,12-13,37H,3,8-11,14H2,1-2H3;5-8,11-12,36H,9-10,13H2,1-4H3;3-6,9-10H,7-8H2,1-2H3,(H,25,31). The van der Waals surface area contributed by atoms with Crippen LogP contribution in [0, 0.1) is 23.3 Å². The van der Waals surface area contributed by atoms with E-state index in [1.54, 1.807) is 55.4 Å². The molecule has 0 spiro atoms. The zero-order valence-corrected chi connectivity index (χ0v) is 78.1. The molecule has 4 N–H and O–H groups in total. The SMILES string of the molecule is CC(C)(O)C(=O)N1CCN(C(=O)c2cn3nc(-c4ccc(F)cc4)cc(C(F)(F)F)c3n2)C(C)(C)C1.CC1(C)C(=O)NCCN1C(=O)c1cn2nc(-c3ccc(F)cc3)cc(C(F)(F)F)c2n1.CC1(C)CN(C(=O)C2(O)CCC2)CCN1C(=O)c1cn2nc(-c3ccc(F)cc3)cc(C(F)(F)F)c2n1.CC1(C)CN(C(=O)C2(O)CCOCC2)CCN1C(=O)c1cn2nc(-c3ccc(F)cc3)cc(C(F)(F)F)c2n1. The van der Waals surface area contributed by atoms with E-state index in [0.29, 0.717) is 12.8 Å². The lowest BCUT2D eigenvalue weighted by molar-refractivity contribution is -0.164. The monoisotopic (exact) mass is 2010 g/mol. The second kappa shape index (κ2) is 37.9. The lowest BCUT2D eigenvalue weighted by Gasteiger charge is -2.49. The lowest BCUT2D eigenvalue weighted by Crippen LogP contribution is -2.65. The van der Waals surface area contributed by atoms with E-state index in [1.165, 1.54) is 96.7 Å². The number of aliphatic hydroxyl groups is 3. The summed E-state index contributed by atoms with van der Waals surface area (Å²) in [6, 6.07) is 22.7. The lowest BCUT2D eigenvalue weighted by atomic mass is 9.78. The fourth-order valence-corrected chi connectivity index (χ4v) is 17.7. The van der Waals surface area contributed by atoms with E-state index < -0.39 is 167 Å². The van der Waals surface area contributed by atoms with E-state index in [-0.39, 0.29) is 178 Å². The second-order valence-electron chi connectivity index (χ2n) is 38.2. The average Bonchev–Trinajstić information content (AvgIpc) is 1.63. The average molecular weight is 2010 g/mol. The number of hydrogen-bond donors (Lipinski definition) is 4. The Morgan fingerprint density at radius 2 is 0.629 bits per heavy atom. The third-order valence-electron chi connectivity index (χ3n) is 25.6. The molecule has 5 saturated heterocycles. The third kappa shape index (κ3) is 21.4. The number of carbonyl (C=O) groups excluding carboxylic acids is 8. The van der Waals surface area contributed by atoms with Gasteiger partial charge in [-0.1, -0.05) is 0 Å². The van der Waals surface area contributed by atoms with Crippen molar-refractivity contribution >= 4 is 69.8 Å². The van der Waals surface area contributed by atoms with Crippen molar-refractivity contribution in [2.24, 2.45) is 0 Å². The Labute approximate surface area is 802 Å². The maximum Gasteiger partial charge on any atom is 0.420 e. The highest BCUT2D eigenvalue weighted by atomic mass is 19.4. The molecule has 8 aromatic heterocycles. The molecular formula is C95H94F16N20O12. The molecule has 6 fully saturated rings. The minimum atomic E-state index is -4.79. The first-order chi connectivity index (χ1) is 66.6. The first-order valence-corrected chi connectivity index (χ1v) is 44.8. The van der Waals surface area contributed by atoms with Crippen LogP contribution in [0.4, 0.5) is 70.2 Å². The predicted octanol–water partition coefficient (Wildman–Crippen LogP) is 13.0. The van der Waals surface area contributed by atoms with Crippen LogP contribution in [0.2, 0.25) is 0 Å². The number of amides is 8. The fraction of sp³-hybridized carbons (Fsp3) is 0.411. The number of hydrogen-bond acceptors (Lipinski definition) is 20. The zero-order valence-electron chi connectivity index (χ0n) is 78.1. The molecule has 32 nitrogen and oxygen atoms in total. The highest BCUT2D eigenvalue weighted by Crippen LogP contribution is 2.43. The molecule has 1 aliphatic carbocycles. The van der Waals surface area contributed by atoms with E-state index in [9.17, 15) is 124 Å². The summed E-state index contributed by atoms with van der Waals surface area (Å²) < 4.78 is 228. The van der Waals surface area contributed by atoms with Crippen LogP contribution in [0.3, 0.4) is 0 Å². The van der Waals surface area contributed by atoms with Crippen molar-refractivity contribution in [1.29, 1.82) is 0 Å². The number of ether oxygens (including phenoxy) is 1. The summed E-state index contributed by atoms with van der Waals surface area (Å²) in [5, 5.41) is 50.7. The first kappa shape index (κ1) is 103. The number of rotatable bonds is 11. The van der Waals surface area contributed by atoms with E-state index >= 15 is 0 Å². The number of fused-ring (bicyclic) bond motifs is 4. The van der Waals surface area contributed by atoms with Crippen molar-refractivity contribution in [3.05, 3.63) is 214 Å². The van der Waals surface area contributed by atoms with Crippen molar-refractivity contribution in [3.8, 4) is 45.0 Å². The number of nitrogens with zero attached hydrogens (tertiary/aromatic N) is 19. The van der Waals surface area contributed by atoms with Crippen LogP contribution in [-0.2, 0) is 48.6 Å². The summed E-state index contributed by atoms with van der Waals surface area (Å²) in [5.74, 6) is -6.31. The van der Waals surface area contributed by atoms with Gasteiger partial charge < -0.3 is 59.7 Å². The van der Waals surface area contributed by atoms with Crippen molar-refractivity contribution in [2.45, 2.75) is 165 Å². The van der Waals surface area contributed by atoms with Gasteiger partial charge in [-0.15, -0.1) is 0 Å². The van der Waals surface area contributed by atoms with Crippen LogP contribution in [0.1, 0.15) is 166 Å². The normalized spacial score (nSPS) is 17.9. The Hall–Kier alpha value is -14.2. The molecule has 1 saturated carbocycles. The number of piperazine rings is 4. The van der Waals surface area contributed by atoms with Gasteiger partial charge in [-0.25, -0.2) is 55.6 Å². The largest absolute Gasteiger partial charge is 0.420 e. The van der Waals surface area contributed by atoms with Gasteiger partial charge in [0.05, 0.1) is 64.2 Å². The Kier molecular flexibility index (Phi) is 27.4. The van der Waals surface area contributed by atoms with Crippen LogP contribution in [0.25, 0.3) is 67.6 Å². The molecule has 0 bridgehead atoms. The quantitative estimate of drug-likeness (QED) is 0.0874. The highest BCUT2D eigenvalue weighted by molar-refractivity contribution is 6.00. The van der Waals surface area contributed by atoms with Crippen LogP contribution < -0.4 is 5.32 Å². The number of carbonyl (C=O) groups is 8. The van der Waals surface area contributed by atoms with Crippen molar-refractivity contribution in [2.75, 3.05) is 85.2 Å². The number of halogens is 16. The van der Waals surface area contributed by atoms with E-state index in [2.05, 4.69) is 45.6 Å². The summed E-state index contributed by atoms with van der Waals surface area (Å²) >= 11 is 0. The maximum atomic E-state index is 14.0. The van der Waals surface area contributed by atoms with E-state index in [4.69, 9.17) is 4.74 Å². The smallest absolute Gasteiger partial charge is 0.381 e. The Morgan fingerprint density at radius 3 is 0.881 bits per heavy atom. The fourth-order valence-electron chi connectivity index (χ4n) is 17.7. The number of benzene rings is 4. The third-order valence-corrected chi connectivity index (χ3v) is 25.6. The summed E-state index contributed by atoms with van der Waals surface area (Å²) in [5.41, 5.74) is -14.9. The summed E-state index contributed by atoms with van der Waals surface area (Å²) in [7, 11) is 0. The van der Waals surface area contributed by atoms with Crippen LogP contribution in [-0.4, -0.2) is 279 Å². The zero-order chi connectivity index (χ0) is 104. The van der Waals surface area contributed by atoms with Crippen LogP contribution in [0.5, 0.6) is 0 Å². The molecule has 143 heavy (non-hydrogen) atoms. The predicted molar refractivity (Wildman–Crippen MR) is 477 cm³/mol. The summed E-state index contributed by atoms with van der Waals surface area (Å²) in [6.45, 7) is 18.4. The van der Waals surface area contributed by atoms with E-state index in [1.807, 2.05) is 0 Å². The second-order valence-corrected chi connectivity index (χ2v) is 38.2. The molecule has 12 aromatic rings. The molecule has 13 heterocycles. The molecule has 0 unspecified atom stereocenters. The van der Waals surface area contributed by atoms with Crippen molar-refractivity contribution in [3.63, 3.8) is 0 Å². The van der Waals surface area contributed by atoms with Gasteiger partial charge in [0.1, 0.15) is 90.6 Å². The minimum Gasteiger partial charge on any atom is -0.381 e. The van der Waals surface area contributed by atoms with Gasteiger partial charge in [0.25, 0.3) is 41.4 Å². The van der Waals surface area contributed by atoms with Gasteiger partial charge in [-0.2, -0.15) is 73.1 Å². The molecule has 6 aliphatic rings. The van der Waals surface area contributed by atoms with Crippen LogP contribution in [0.15, 0.2) is 146 Å². The molecule has 0 atom stereocenters. The minimum absolute atomic E-state index is 0.0578. The number of nitrogens with one attached hydrogen (secondary N) is 1. The maximum absolute atomic E-state index is 14.0. The Bertz CT molecular complexity index is 6940. The summed E-state index contributed by atoms with van der Waals surface area (Å²) in [4.78, 5) is 130. The van der Waals surface area contributed by atoms with Gasteiger partial charge in [-0.05, 0) is 210 Å². The van der Waals surface area contributed by atoms with Gasteiger partial charge in [0.2, 0.25) is 5.91 Å². The Morgan fingerprint density at radius 1 is 0.371 bits per heavy atom. The topological polar surface area (TPSA) is 362 Å². The molecule has 4 aromatic carbocycles. The van der Waals surface area contributed by atoms with Crippen molar-refractivity contribution < 1.29 is 129 Å². The van der Waals surface area contributed by atoms with Crippen LogP contribution >= 0.6 is 0 Å². The molecule has 18 rings (SSSR count). The Balaban J connectivity index is 0.000000144. The molecule has 758 valence electrons. The summed E-state index contributed by atoms with van der Waals surface area (Å²) in [6.07, 6.45) is -12.7. The molecule has 8 amide bonds. The van der Waals surface area contributed by atoms with Gasteiger partial charge >= 0.3 is 24.7 Å². The number of alkyl halides is 12. The molecule has 5 aliphatic heterocycles. The van der Waals surface area contributed by atoms with E-state index in [0.717, 1.165) is 122 Å². The molecule has 48 heteroatoms. The van der Waals surface area contributed by atoms with Gasteiger partial charge in [0, 0.05) is 120 Å². The van der Waals surface area contributed by atoms with Gasteiger partial charge in [0.15, 0.2) is 22.6 Å². The molecule has 0 radical (unpaired) electrons. The molecular weight excluding hydrogens is 1920 g/mol. The number of aromatic nitrogens is 12. The van der Waals surface area contributed by atoms with Crippen molar-refractivity contribution in [1.82, 2.24) is 98.0 Å². The van der Waals surface area contributed by atoms with Gasteiger partial charge in [-0.3, -0.25) is 38.4 Å². The highest BCUT2D eigenvalue weighted by Gasteiger charge is 2.52. The first-order valence-electron chi connectivity index (χ1n) is 44.8. The number of imidazole rings is 4.